The van der Waals surface area contributed by atoms with Gasteiger partial charge in [0, 0.05) is 30.2 Å². The number of thiazole rings is 1. The normalized spacial score (nSPS) is 20.4. The number of piperazine rings is 1. The van der Waals surface area contributed by atoms with E-state index in [4.69, 9.17) is 4.42 Å². The van der Waals surface area contributed by atoms with Crippen molar-refractivity contribution >= 4 is 40.5 Å². The summed E-state index contributed by atoms with van der Waals surface area (Å²) in [6.07, 6.45) is -12.5. The van der Waals surface area contributed by atoms with Crippen LogP contribution in [-0.2, 0) is 14.3 Å². The molecule has 3 saturated heterocycles. The number of piperidine rings is 1. The maximum absolute atomic E-state index is 14.3. The minimum absolute atomic E-state index is 0.108. The maximum Gasteiger partial charge on any atom is 0.457 e. The molecule has 10 nitrogen and oxygen atoms in total. The summed E-state index contributed by atoms with van der Waals surface area (Å²) < 4.78 is 84.9. The Balaban J connectivity index is 1.58. The van der Waals surface area contributed by atoms with Gasteiger partial charge in [-0.2, -0.15) is 26.9 Å². The van der Waals surface area contributed by atoms with E-state index < -0.39 is 48.1 Å². The first-order valence-corrected chi connectivity index (χ1v) is 12.2. The van der Waals surface area contributed by atoms with Gasteiger partial charge in [0.2, 0.25) is 0 Å². The average Bonchev–Trinajstić information content (AvgIpc) is 3.52. The minimum Gasteiger partial charge on any atom is -0.465 e. The predicted octanol–water partition coefficient (Wildman–Crippen LogP) is 4.67. The molecule has 0 aliphatic carbocycles. The van der Waals surface area contributed by atoms with Crippen LogP contribution in [0.5, 0.6) is 0 Å². The highest BCUT2D eigenvalue weighted by Gasteiger charge is 2.54. The average molecular weight is 562 g/mol. The lowest BCUT2D eigenvalue weighted by Gasteiger charge is -2.54. The number of esters is 1. The van der Waals surface area contributed by atoms with Crippen LogP contribution >= 0.6 is 11.3 Å². The molecule has 2 aromatic heterocycles. The van der Waals surface area contributed by atoms with Gasteiger partial charge in [0.1, 0.15) is 10.5 Å². The summed E-state index contributed by atoms with van der Waals surface area (Å²) >= 11 is 1.17. The molecule has 6 rings (SSSR count). The number of fused-ring (bicyclic) bond motifs is 3. The van der Waals surface area contributed by atoms with Crippen LogP contribution in [0.2, 0.25) is 0 Å². The number of oxazole rings is 1. The molecular weight excluding hydrogens is 543 g/mol. The van der Waals surface area contributed by atoms with Crippen LogP contribution in [-0.4, -0.2) is 76.1 Å². The van der Waals surface area contributed by atoms with Crippen LogP contribution in [0.3, 0.4) is 0 Å². The summed E-state index contributed by atoms with van der Waals surface area (Å²) in [5, 5.41) is 11.3. The summed E-state index contributed by atoms with van der Waals surface area (Å²) in [4.78, 5) is 34.2. The van der Waals surface area contributed by atoms with Crippen molar-refractivity contribution in [1.82, 2.24) is 14.9 Å². The van der Waals surface area contributed by atoms with E-state index in [1.807, 2.05) is 0 Å². The highest BCUT2D eigenvalue weighted by Crippen LogP contribution is 2.45. The van der Waals surface area contributed by atoms with Gasteiger partial charge in [0.15, 0.2) is 11.7 Å². The molecule has 2 bridgehead atoms. The van der Waals surface area contributed by atoms with Crippen LogP contribution in [0.1, 0.15) is 25.0 Å². The lowest BCUT2D eigenvalue weighted by atomic mass is 9.88. The second-order valence-corrected chi connectivity index (χ2v) is 9.52. The van der Waals surface area contributed by atoms with Gasteiger partial charge in [-0.3, -0.25) is 9.64 Å². The van der Waals surface area contributed by atoms with E-state index in [2.05, 4.69) is 19.4 Å². The van der Waals surface area contributed by atoms with E-state index >= 15 is 0 Å². The fourth-order valence-corrected chi connectivity index (χ4v) is 5.34. The maximum atomic E-state index is 14.3. The first-order chi connectivity index (χ1) is 17.9. The fraction of sp³-hybridized carbons (Fsp3) is 0.455. The third-order valence-corrected chi connectivity index (χ3v) is 7.08. The van der Waals surface area contributed by atoms with Crippen molar-refractivity contribution in [2.75, 3.05) is 24.6 Å². The van der Waals surface area contributed by atoms with E-state index in [1.165, 1.54) is 35.4 Å². The van der Waals surface area contributed by atoms with Crippen molar-refractivity contribution in [2.24, 2.45) is 0 Å². The molecule has 3 aromatic rings. The van der Waals surface area contributed by atoms with Crippen LogP contribution in [0.15, 0.2) is 28.1 Å². The molecule has 3 fully saturated rings. The Kier molecular flexibility index (Phi) is 6.41. The number of benzene rings is 1. The van der Waals surface area contributed by atoms with Crippen LogP contribution in [0, 0.1) is 0 Å². The van der Waals surface area contributed by atoms with Crippen molar-refractivity contribution < 1.29 is 50.5 Å². The largest absolute Gasteiger partial charge is 0.465 e. The highest BCUT2D eigenvalue weighted by atomic mass is 32.1. The zero-order valence-electron chi connectivity index (χ0n) is 19.4. The minimum atomic E-state index is -5.38. The van der Waals surface area contributed by atoms with E-state index in [1.54, 1.807) is 10.3 Å². The molecular formula is C22H19F5N4O6S. The van der Waals surface area contributed by atoms with Gasteiger partial charge in [-0.05, 0) is 19.4 Å². The Labute approximate surface area is 214 Å². The number of carbonyl (C=O) groups excluding carboxylic acids is 1. The lowest BCUT2D eigenvalue weighted by Crippen LogP contribution is -2.70. The first kappa shape index (κ1) is 26.1. The molecule has 0 saturated carbocycles. The SMILES string of the molecule is CCOC(=O)C(F)(F)OC(c1ccc(-c2nccs2)c2oc(N3CC4CC(C3)N4C(=O)O)nc12)C(F)(F)F. The Morgan fingerprint density at radius 1 is 1.24 bits per heavy atom. The first-order valence-electron chi connectivity index (χ1n) is 11.3. The number of aromatic nitrogens is 2. The quantitative estimate of drug-likeness (QED) is 0.324. The Bertz CT molecular complexity index is 1350. The van der Waals surface area contributed by atoms with Gasteiger partial charge in [0.05, 0.1) is 24.3 Å². The predicted molar refractivity (Wildman–Crippen MR) is 121 cm³/mol. The third kappa shape index (κ3) is 4.51. The number of alkyl halides is 5. The van der Waals surface area contributed by atoms with Crippen molar-refractivity contribution in [3.8, 4) is 10.6 Å². The molecule has 1 aromatic carbocycles. The van der Waals surface area contributed by atoms with Gasteiger partial charge < -0.3 is 19.2 Å². The summed E-state index contributed by atoms with van der Waals surface area (Å²) in [5.74, 6) is -2.26. The van der Waals surface area contributed by atoms with Crippen LogP contribution in [0.4, 0.5) is 32.8 Å². The number of amides is 1. The number of hydrogen-bond donors (Lipinski definition) is 1. The summed E-state index contributed by atoms with van der Waals surface area (Å²) in [5.41, 5.74) is -1.10. The van der Waals surface area contributed by atoms with E-state index in [0.717, 1.165) is 6.07 Å². The van der Waals surface area contributed by atoms with E-state index in [9.17, 15) is 36.6 Å². The van der Waals surface area contributed by atoms with Gasteiger partial charge in [0.25, 0.3) is 6.01 Å². The number of carboxylic acid groups (broad SMARTS) is 1. The fourth-order valence-electron chi connectivity index (χ4n) is 4.68. The molecule has 3 atom stereocenters. The molecule has 0 radical (unpaired) electrons. The van der Waals surface area contributed by atoms with E-state index in [-0.39, 0.29) is 42.3 Å². The van der Waals surface area contributed by atoms with Crippen molar-refractivity contribution in [1.29, 1.82) is 0 Å². The van der Waals surface area contributed by atoms with Gasteiger partial charge >= 0.3 is 24.3 Å². The molecule has 1 amide bonds. The molecule has 3 aliphatic rings. The molecule has 38 heavy (non-hydrogen) atoms. The number of ether oxygens (including phenoxy) is 2. The van der Waals surface area contributed by atoms with Crippen LogP contribution < -0.4 is 4.90 Å². The second-order valence-electron chi connectivity index (χ2n) is 8.63. The summed E-state index contributed by atoms with van der Waals surface area (Å²) in [6.45, 7) is 1.08. The zero-order chi connectivity index (χ0) is 27.4. The number of carbonyl (C=O) groups is 2. The zero-order valence-corrected chi connectivity index (χ0v) is 20.3. The number of anilines is 1. The summed E-state index contributed by atoms with van der Waals surface area (Å²) in [7, 11) is 0. The van der Waals surface area contributed by atoms with Crippen molar-refractivity contribution in [3.05, 3.63) is 29.3 Å². The van der Waals surface area contributed by atoms with Gasteiger partial charge in [-0.25, -0.2) is 14.6 Å². The molecule has 16 heteroatoms. The van der Waals surface area contributed by atoms with Crippen molar-refractivity contribution in [2.45, 2.75) is 43.8 Å². The molecule has 204 valence electrons. The molecule has 3 aliphatic heterocycles. The van der Waals surface area contributed by atoms with Gasteiger partial charge in [-0.1, -0.05) is 6.07 Å². The van der Waals surface area contributed by atoms with E-state index in [0.29, 0.717) is 11.4 Å². The summed E-state index contributed by atoms with van der Waals surface area (Å²) in [6, 6.07) is 1.32. The number of nitrogens with zero attached hydrogens (tertiary/aromatic N) is 4. The topological polar surface area (TPSA) is 118 Å². The lowest BCUT2D eigenvalue weighted by molar-refractivity contribution is -0.321. The monoisotopic (exact) mass is 562 g/mol. The Hall–Kier alpha value is -3.53. The molecule has 5 heterocycles. The Morgan fingerprint density at radius 3 is 2.53 bits per heavy atom. The smallest absolute Gasteiger partial charge is 0.457 e. The van der Waals surface area contributed by atoms with Gasteiger partial charge in [-0.15, -0.1) is 11.3 Å². The molecule has 1 N–H and O–H groups in total. The van der Waals surface area contributed by atoms with Crippen LogP contribution in [0.25, 0.3) is 21.7 Å². The third-order valence-electron chi connectivity index (χ3n) is 6.27. The number of hydrogen-bond acceptors (Lipinski definition) is 9. The molecule has 0 spiro atoms. The number of rotatable bonds is 7. The Morgan fingerprint density at radius 2 is 1.95 bits per heavy atom. The second kappa shape index (κ2) is 9.34. The highest BCUT2D eigenvalue weighted by molar-refractivity contribution is 7.13. The molecule has 3 unspecified atom stereocenters. The standard InChI is InChI=1S/C22H19F5N4O6S/c1-2-35-18(32)22(26,27)37-16(21(23,24)25)12-3-4-13(17-28-5-6-38-17)15-14(12)29-19(36-15)30-8-10-7-11(9-30)31(10)20(33)34/h3-6,10-11,16H,2,7-9H2,1H3,(H,33,34). The van der Waals surface area contributed by atoms with Crippen molar-refractivity contribution in [3.63, 3.8) is 0 Å². The number of halogens is 5.